The second kappa shape index (κ2) is 6.89. The number of hydrogen-bond acceptors (Lipinski definition) is 3. The Balaban J connectivity index is 1.71. The van der Waals surface area contributed by atoms with Gasteiger partial charge in [-0.2, -0.15) is 11.8 Å². The highest BCUT2D eigenvalue weighted by Crippen LogP contribution is 2.31. The SMILES string of the molecule is COc1ccc2cc(CSCC3CCCC3)c(Cl)nc2c1. The minimum absolute atomic E-state index is 0.620. The minimum atomic E-state index is 0.620. The van der Waals surface area contributed by atoms with E-state index in [1.807, 2.05) is 30.0 Å². The fraction of sp³-hybridized carbons (Fsp3) is 0.471. The molecule has 0 atom stereocenters. The summed E-state index contributed by atoms with van der Waals surface area (Å²) in [6.07, 6.45) is 5.61. The number of halogens is 1. The number of aromatic nitrogens is 1. The van der Waals surface area contributed by atoms with Crippen molar-refractivity contribution in [2.45, 2.75) is 31.4 Å². The molecule has 0 radical (unpaired) electrons. The van der Waals surface area contributed by atoms with Gasteiger partial charge in [0.2, 0.25) is 0 Å². The van der Waals surface area contributed by atoms with Crippen molar-refractivity contribution in [3.8, 4) is 5.75 Å². The van der Waals surface area contributed by atoms with Crippen molar-refractivity contribution in [2.75, 3.05) is 12.9 Å². The molecule has 0 bridgehead atoms. The normalized spacial score (nSPS) is 15.7. The lowest BCUT2D eigenvalue weighted by atomic mass is 10.1. The van der Waals surface area contributed by atoms with Gasteiger partial charge >= 0.3 is 0 Å². The molecule has 0 amide bonds. The fourth-order valence-electron chi connectivity index (χ4n) is 2.91. The number of ether oxygens (including phenoxy) is 1. The molecule has 1 heterocycles. The van der Waals surface area contributed by atoms with Crippen molar-refractivity contribution in [1.82, 2.24) is 4.98 Å². The number of hydrogen-bond donors (Lipinski definition) is 0. The summed E-state index contributed by atoms with van der Waals surface area (Å²) in [6, 6.07) is 8.10. The molecule has 0 N–H and O–H groups in total. The van der Waals surface area contributed by atoms with Crippen LogP contribution in [-0.2, 0) is 5.75 Å². The van der Waals surface area contributed by atoms with Gasteiger partial charge in [0.1, 0.15) is 10.9 Å². The molecule has 1 aliphatic carbocycles. The lowest BCUT2D eigenvalue weighted by molar-refractivity contribution is 0.415. The van der Waals surface area contributed by atoms with Gasteiger partial charge in [0.25, 0.3) is 0 Å². The minimum Gasteiger partial charge on any atom is -0.497 e. The Morgan fingerprint density at radius 3 is 2.86 bits per heavy atom. The van der Waals surface area contributed by atoms with Crippen LogP contribution in [0, 0.1) is 5.92 Å². The zero-order chi connectivity index (χ0) is 14.7. The van der Waals surface area contributed by atoms with E-state index >= 15 is 0 Å². The maximum absolute atomic E-state index is 6.33. The van der Waals surface area contributed by atoms with Crippen LogP contribution in [0.15, 0.2) is 24.3 Å². The molecule has 112 valence electrons. The summed E-state index contributed by atoms with van der Waals surface area (Å²) in [5.74, 6) is 3.92. The van der Waals surface area contributed by atoms with Crippen molar-refractivity contribution in [3.05, 3.63) is 35.0 Å². The molecular weight excluding hydrogens is 302 g/mol. The van der Waals surface area contributed by atoms with Crippen LogP contribution in [0.4, 0.5) is 0 Å². The van der Waals surface area contributed by atoms with Crippen molar-refractivity contribution in [3.63, 3.8) is 0 Å². The number of methoxy groups -OCH3 is 1. The van der Waals surface area contributed by atoms with Gasteiger partial charge in [-0.15, -0.1) is 0 Å². The van der Waals surface area contributed by atoms with Crippen LogP contribution in [0.3, 0.4) is 0 Å². The Bertz CT molecular complexity index is 625. The van der Waals surface area contributed by atoms with Crippen LogP contribution in [0.1, 0.15) is 31.2 Å². The summed E-state index contributed by atoms with van der Waals surface area (Å²) in [5, 5.41) is 1.74. The average Bonchev–Trinajstić information content (AvgIpc) is 3.00. The smallest absolute Gasteiger partial charge is 0.133 e. The van der Waals surface area contributed by atoms with Crippen LogP contribution in [0.2, 0.25) is 5.15 Å². The summed E-state index contributed by atoms with van der Waals surface area (Å²) in [4.78, 5) is 4.51. The van der Waals surface area contributed by atoms with Crippen LogP contribution in [0.25, 0.3) is 10.9 Å². The predicted octanol–water partition coefficient (Wildman–Crippen LogP) is 5.32. The first kappa shape index (κ1) is 15.0. The molecule has 1 aliphatic rings. The lowest BCUT2D eigenvalue weighted by Gasteiger charge is -2.10. The van der Waals surface area contributed by atoms with E-state index in [-0.39, 0.29) is 0 Å². The fourth-order valence-corrected chi connectivity index (χ4v) is 4.42. The van der Waals surface area contributed by atoms with Gasteiger partial charge in [-0.05, 0) is 42.7 Å². The molecule has 1 aromatic carbocycles. The lowest BCUT2D eigenvalue weighted by Crippen LogP contribution is -1.97. The van der Waals surface area contributed by atoms with Crippen molar-refractivity contribution in [2.24, 2.45) is 5.92 Å². The summed E-state index contributed by atoms with van der Waals surface area (Å²) >= 11 is 8.31. The Kier molecular flexibility index (Phi) is 4.91. The van der Waals surface area contributed by atoms with E-state index in [4.69, 9.17) is 16.3 Å². The van der Waals surface area contributed by atoms with Crippen molar-refractivity contribution < 1.29 is 4.74 Å². The number of benzene rings is 1. The van der Waals surface area contributed by atoms with Gasteiger partial charge in [0.05, 0.1) is 12.6 Å². The van der Waals surface area contributed by atoms with E-state index in [1.54, 1.807) is 7.11 Å². The van der Waals surface area contributed by atoms with Gasteiger partial charge in [-0.3, -0.25) is 0 Å². The number of thioether (sulfide) groups is 1. The van der Waals surface area contributed by atoms with Crippen LogP contribution >= 0.6 is 23.4 Å². The maximum atomic E-state index is 6.33. The van der Waals surface area contributed by atoms with Crippen LogP contribution < -0.4 is 4.74 Å². The molecule has 1 fully saturated rings. The first-order valence-corrected chi connectivity index (χ1v) is 9.00. The monoisotopic (exact) mass is 321 g/mol. The molecule has 1 aromatic heterocycles. The van der Waals surface area contributed by atoms with E-state index in [0.717, 1.165) is 33.9 Å². The predicted molar refractivity (Wildman–Crippen MR) is 91.4 cm³/mol. The molecular formula is C17H20ClNOS. The van der Waals surface area contributed by atoms with E-state index in [2.05, 4.69) is 11.1 Å². The highest BCUT2D eigenvalue weighted by atomic mass is 35.5. The van der Waals surface area contributed by atoms with E-state index in [9.17, 15) is 0 Å². The van der Waals surface area contributed by atoms with E-state index < -0.39 is 0 Å². The zero-order valence-electron chi connectivity index (χ0n) is 12.3. The molecule has 0 saturated heterocycles. The van der Waals surface area contributed by atoms with Crippen LogP contribution in [0.5, 0.6) is 5.75 Å². The Morgan fingerprint density at radius 1 is 1.29 bits per heavy atom. The average molecular weight is 322 g/mol. The molecule has 1 saturated carbocycles. The number of pyridine rings is 1. The molecule has 2 aromatic rings. The maximum Gasteiger partial charge on any atom is 0.133 e. The van der Waals surface area contributed by atoms with Gasteiger partial charge in [0.15, 0.2) is 0 Å². The van der Waals surface area contributed by atoms with E-state index in [1.165, 1.54) is 31.4 Å². The molecule has 4 heteroatoms. The first-order chi connectivity index (χ1) is 10.3. The molecule has 0 unspecified atom stereocenters. The highest BCUT2D eigenvalue weighted by molar-refractivity contribution is 7.98. The standard InChI is InChI=1S/C17H20ClNOS/c1-20-15-7-6-13-8-14(17(18)19-16(13)9-15)11-21-10-12-4-2-3-5-12/h6-9,12H,2-5,10-11H2,1H3. The number of nitrogens with zero attached hydrogens (tertiary/aromatic N) is 1. The van der Waals surface area contributed by atoms with Crippen molar-refractivity contribution in [1.29, 1.82) is 0 Å². The first-order valence-electron chi connectivity index (χ1n) is 7.47. The second-order valence-electron chi connectivity index (χ2n) is 5.66. The third-order valence-electron chi connectivity index (χ3n) is 4.14. The summed E-state index contributed by atoms with van der Waals surface area (Å²) in [6.45, 7) is 0. The molecule has 0 spiro atoms. The van der Waals surface area contributed by atoms with Crippen molar-refractivity contribution >= 4 is 34.3 Å². The Labute approximate surface area is 135 Å². The third kappa shape index (κ3) is 3.64. The summed E-state index contributed by atoms with van der Waals surface area (Å²) < 4.78 is 5.23. The number of rotatable bonds is 5. The van der Waals surface area contributed by atoms with Gasteiger partial charge < -0.3 is 4.74 Å². The zero-order valence-corrected chi connectivity index (χ0v) is 13.8. The third-order valence-corrected chi connectivity index (χ3v) is 5.69. The van der Waals surface area contributed by atoms with Gasteiger partial charge in [-0.25, -0.2) is 4.98 Å². The Morgan fingerprint density at radius 2 is 2.10 bits per heavy atom. The topological polar surface area (TPSA) is 22.1 Å². The Hall–Kier alpha value is -0.930. The summed E-state index contributed by atoms with van der Waals surface area (Å²) in [7, 11) is 1.66. The quantitative estimate of drug-likeness (QED) is 0.696. The summed E-state index contributed by atoms with van der Waals surface area (Å²) in [5.41, 5.74) is 2.03. The van der Waals surface area contributed by atoms with E-state index in [0.29, 0.717) is 5.15 Å². The highest BCUT2D eigenvalue weighted by Gasteiger charge is 2.15. The molecule has 3 rings (SSSR count). The molecule has 0 aliphatic heterocycles. The van der Waals surface area contributed by atoms with Gasteiger partial charge in [0, 0.05) is 22.8 Å². The number of fused-ring (bicyclic) bond motifs is 1. The largest absolute Gasteiger partial charge is 0.497 e. The second-order valence-corrected chi connectivity index (χ2v) is 7.05. The van der Waals surface area contributed by atoms with Crippen LogP contribution in [-0.4, -0.2) is 17.8 Å². The van der Waals surface area contributed by atoms with Gasteiger partial charge in [-0.1, -0.05) is 24.4 Å². The molecule has 2 nitrogen and oxygen atoms in total. The molecule has 21 heavy (non-hydrogen) atoms.